The predicted octanol–water partition coefficient (Wildman–Crippen LogP) is 0.967. The standard InChI is InChI=1S/C10H17N3/c1-8-3-5-13-7-9(2-4-11)12-10(13)6-8/h7-8H,2-6,11H2,1H3/t8-/m1/s1. The largest absolute Gasteiger partial charge is 0.335 e. The van der Waals surface area contributed by atoms with E-state index < -0.39 is 0 Å². The number of nitrogens with zero attached hydrogens (tertiary/aromatic N) is 2. The quantitative estimate of drug-likeness (QED) is 0.735. The number of imidazole rings is 1. The maximum Gasteiger partial charge on any atom is 0.109 e. The minimum Gasteiger partial charge on any atom is -0.335 e. The molecular formula is C10H17N3. The van der Waals surface area contributed by atoms with Gasteiger partial charge >= 0.3 is 0 Å². The molecule has 0 aromatic carbocycles. The number of rotatable bonds is 2. The van der Waals surface area contributed by atoms with Gasteiger partial charge in [0.1, 0.15) is 5.82 Å². The topological polar surface area (TPSA) is 43.8 Å². The maximum absolute atomic E-state index is 5.50. The summed E-state index contributed by atoms with van der Waals surface area (Å²) in [5.74, 6) is 2.04. The first-order valence-electron chi connectivity index (χ1n) is 5.04. The molecule has 1 aromatic heterocycles. The Morgan fingerprint density at radius 3 is 3.31 bits per heavy atom. The van der Waals surface area contributed by atoms with Gasteiger partial charge in [-0.05, 0) is 18.9 Å². The highest BCUT2D eigenvalue weighted by atomic mass is 15.1. The molecule has 1 aromatic rings. The average Bonchev–Trinajstić information content (AvgIpc) is 2.46. The van der Waals surface area contributed by atoms with Gasteiger partial charge in [-0.1, -0.05) is 6.92 Å². The van der Waals surface area contributed by atoms with E-state index in [-0.39, 0.29) is 0 Å². The van der Waals surface area contributed by atoms with Crippen molar-refractivity contribution >= 4 is 0 Å². The first-order valence-corrected chi connectivity index (χ1v) is 5.04. The van der Waals surface area contributed by atoms with Gasteiger partial charge in [0.25, 0.3) is 0 Å². The Labute approximate surface area is 79.0 Å². The van der Waals surface area contributed by atoms with Gasteiger partial charge in [-0.3, -0.25) is 0 Å². The maximum atomic E-state index is 5.50. The number of aryl methyl sites for hydroxylation is 1. The van der Waals surface area contributed by atoms with Crippen LogP contribution in [0.3, 0.4) is 0 Å². The molecule has 1 aliphatic rings. The lowest BCUT2D eigenvalue weighted by Crippen LogP contribution is -2.16. The van der Waals surface area contributed by atoms with E-state index in [2.05, 4.69) is 22.7 Å². The zero-order valence-electron chi connectivity index (χ0n) is 8.16. The molecule has 0 amide bonds. The van der Waals surface area contributed by atoms with Crippen molar-refractivity contribution in [2.45, 2.75) is 32.7 Å². The van der Waals surface area contributed by atoms with Crippen LogP contribution in [0, 0.1) is 5.92 Å². The smallest absolute Gasteiger partial charge is 0.109 e. The molecule has 0 spiro atoms. The fourth-order valence-corrected chi connectivity index (χ4v) is 1.91. The van der Waals surface area contributed by atoms with Gasteiger partial charge in [0.05, 0.1) is 5.69 Å². The zero-order chi connectivity index (χ0) is 9.26. The molecule has 0 unspecified atom stereocenters. The summed E-state index contributed by atoms with van der Waals surface area (Å²) in [6, 6.07) is 0. The second-order valence-corrected chi connectivity index (χ2v) is 3.98. The molecule has 1 aliphatic heterocycles. The molecule has 13 heavy (non-hydrogen) atoms. The zero-order valence-corrected chi connectivity index (χ0v) is 8.16. The van der Waals surface area contributed by atoms with Crippen LogP contribution in [0.2, 0.25) is 0 Å². The van der Waals surface area contributed by atoms with E-state index in [4.69, 9.17) is 5.73 Å². The predicted molar refractivity (Wildman–Crippen MR) is 52.5 cm³/mol. The molecule has 3 heteroatoms. The Balaban J connectivity index is 2.18. The number of aromatic nitrogens is 2. The summed E-state index contributed by atoms with van der Waals surface area (Å²) in [5.41, 5.74) is 6.66. The minimum atomic E-state index is 0.700. The van der Waals surface area contributed by atoms with E-state index >= 15 is 0 Å². The van der Waals surface area contributed by atoms with Crippen LogP contribution in [0.5, 0.6) is 0 Å². The van der Waals surface area contributed by atoms with Gasteiger partial charge in [-0.25, -0.2) is 4.98 Å². The highest BCUT2D eigenvalue weighted by Gasteiger charge is 2.16. The molecule has 0 aliphatic carbocycles. The van der Waals surface area contributed by atoms with Crippen LogP contribution in [0.4, 0.5) is 0 Å². The molecule has 0 saturated heterocycles. The summed E-state index contributed by atoms with van der Waals surface area (Å²) in [5, 5.41) is 0. The van der Waals surface area contributed by atoms with Gasteiger partial charge in [-0.15, -0.1) is 0 Å². The molecule has 0 radical (unpaired) electrons. The Kier molecular flexibility index (Phi) is 2.36. The van der Waals surface area contributed by atoms with E-state index in [9.17, 15) is 0 Å². The molecule has 1 atom stereocenters. The molecule has 2 rings (SSSR count). The monoisotopic (exact) mass is 179 g/mol. The molecule has 2 N–H and O–H groups in total. The molecular weight excluding hydrogens is 162 g/mol. The Morgan fingerprint density at radius 2 is 2.54 bits per heavy atom. The van der Waals surface area contributed by atoms with Crippen LogP contribution >= 0.6 is 0 Å². The van der Waals surface area contributed by atoms with Crippen LogP contribution < -0.4 is 5.73 Å². The van der Waals surface area contributed by atoms with Gasteiger partial charge < -0.3 is 10.3 Å². The van der Waals surface area contributed by atoms with Crippen molar-refractivity contribution in [2.75, 3.05) is 6.54 Å². The van der Waals surface area contributed by atoms with Crippen molar-refractivity contribution in [3.8, 4) is 0 Å². The third-order valence-corrected chi connectivity index (χ3v) is 2.70. The summed E-state index contributed by atoms with van der Waals surface area (Å²) in [6.07, 6.45) is 5.48. The van der Waals surface area contributed by atoms with E-state index in [0.29, 0.717) is 6.54 Å². The van der Waals surface area contributed by atoms with Crippen molar-refractivity contribution in [1.82, 2.24) is 9.55 Å². The fourth-order valence-electron chi connectivity index (χ4n) is 1.91. The third kappa shape index (κ3) is 1.75. The van der Waals surface area contributed by atoms with E-state index in [1.165, 1.54) is 12.2 Å². The first-order chi connectivity index (χ1) is 6.29. The summed E-state index contributed by atoms with van der Waals surface area (Å²) in [4.78, 5) is 4.57. The molecule has 2 heterocycles. The van der Waals surface area contributed by atoms with E-state index in [1.54, 1.807) is 0 Å². The minimum absolute atomic E-state index is 0.700. The number of nitrogens with two attached hydrogens (primary N) is 1. The van der Waals surface area contributed by atoms with Crippen molar-refractivity contribution in [3.63, 3.8) is 0 Å². The summed E-state index contributed by atoms with van der Waals surface area (Å²) < 4.78 is 2.28. The summed E-state index contributed by atoms with van der Waals surface area (Å²) in [6.45, 7) is 4.13. The van der Waals surface area contributed by atoms with Crippen LogP contribution in [-0.4, -0.2) is 16.1 Å². The van der Waals surface area contributed by atoms with Crippen molar-refractivity contribution < 1.29 is 0 Å². The number of hydrogen-bond acceptors (Lipinski definition) is 2. The summed E-state index contributed by atoms with van der Waals surface area (Å²) in [7, 11) is 0. The molecule has 0 saturated carbocycles. The van der Waals surface area contributed by atoms with Gasteiger partial charge in [0, 0.05) is 25.6 Å². The summed E-state index contributed by atoms with van der Waals surface area (Å²) >= 11 is 0. The Morgan fingerprint density at radius 1 is 1.69 bits per heavy atom. The van der Waals surface area contributed by atoms with Crippen LogP contribution in [0.15, 0.2) is 6.20 Å². The molecule has 0 fully saturated rings. The Bertz CT molecular complexity index is 290. The number of fused-ring (bicyclic) bond motifs is 1. The lowest BCUT2D eigenvalue weighted by Gasteiger charge is -2.18. The molecule has 72 valence electrons. The second-order valence-electron chi connectivity index (χ2n) is 3.98. The fraction of sp³-hybridized carbons (Fsp3) is 0.700. The van der Waals surface area contributed by atoms with E-state index in [0.717, 1.165) is 31.0 Å². The second kappa shape index (κ2) is 3.50. The van der Waals surface area contributed by atoms with Crippen molar-refractivity contribution in [3.05, 3.63) is 17.7 Å². The lowest BCUT2D eigenvalue weighted by atomic mass is 10.0. The van der Waals surface area contributed by atoms with Gasteiger partial charge in [0.2, 0.25) is 0 Å². The van der Waals surface area contributed by atoms with Gasteiger partial charge in [0.15, 0.2) is 0 Å². The SMILES string of the molecule is C[C@@H]1CCn2cc(CCN)nc2C1. The van der Waals surface area contributed by atoms with Crippen molar-refractivity contribution in [1.29, 1.82) is 0 Å². The molecule has 3 nitrogen and oxygen atoms in total. The van der Waals surface area contributed by atoms with Crippen LogP contribution in [0.25, 0.3) is 0 Å². The first kappa shape index (κ1) is 8.75. The van der Waals surface area contributed by atoms with Crippen LogP contribution in [-0.2, 0) is 19.4 Å². The molecule has 0 bridgehead atoms. The highest BCUT2D eigenvalue weighted by Crippen LogP contribution is 2.19. The Hall–Kier alpha value is -0.830. The average molecular weight is 179 g/mol. The third-order valence-electron chi connectivity index (χ3n) is 2.70. The normalized spacial score (nSPS) is 21.5. The van der Waals surface area contributed by atoms with Crippen molar-refractivity contribution in [2.24, 2.45) is 11.7 Å². The highest BCUT2D eigenvalue weighted by molar-refractivity contribution is 5.07. The van der Waals surface area contributed by atoms with E-state index in [1.807, 2.05) is 0 Å². The number of hydrogen-bond donors (Lipinski definition) is 1. The van der Waals surface area contributed by atoms with Gasteiger partial charge in [-0.2, -0.15) is 0 Å². The lowest BCUT2D eigenvalue weighted by molar-refractivity contribution is 0.409. The van der Waals surface area contributed by atoms with Crippen LogP contribution in [0.1, 0.15) is 24.9 Å².